The van der Waals surface area contributed by atoms with Crippen LogP contribution < -0.4 is 10.6 Å². The Morgan fingerprint density at radius 3 is 2.45 bits per heavy atom. The second-order valence-electron chi connectivity index (χ2n) is 6.86. The third-order valence-electron chi connectivity index (χ3n) is 4.36. The summed E-state index contributed by atoms with van der Waals surface area (Å²) >= 11 is 1.32. The van der Waals surface area contributed by atoms with Crippen LogP contribution in [0.2, 0.25) is 0 Å². The summed E-state index contributed by atoms with van der Waals surface area (Å²) in [7, 11) is -3.23. The lowest BCUT2D eigenvalue weighted by Crippen LogP contribution is -2.33. The Bertz CT molecular complexity index is 1060. The number of hydrogen-bond donors (Lipinski definition) is 2. The Labute approximate surface area is 174 Å². The van der Waals surface area contributed by atoms with Crippen molar-refractivity contribution in [2.75, 3.05) is 11.6 Å². The van der Waals surface area contributed by atoms with Crippen LogP contribution in [0.15, 0.2) is 64.9 Å². The molecule has 2 aromatic carbocycles. The summed E-state index contributed by atoms with van der Waals surface area (Å²) in [5.74, 6) is -0.206. The van der Waals surface area contributed by atoms with Gasteiger partial charge in [-0.05, 0) is 49.6 Å². The van der Waals surface area contributed by atoms with E-state index in [0.29, 0.717) is 16.5 Å². The number of nitrogens with zero attached hydrogens (tertiary/aromatic N) is 1. The van der Waals surface area contributed by atoms with E-state index < -0.39 is 9.84 Å². The van der Waals surface area contributed by atoms with Crippen LogP contribution in [0.1, 0.15) is 29.4 Å². The van der Waals surface area contributed by atoms with Gasteiger partial charge in [-0.25, -0.2) is 13.4 Å². The first-order valence-corrected chi connectivity index (χ1v) is 12.0. The van der Waals surface area contributed by atoms with E-state index >= 15 is 0 Å². The van der Waals surface area contributed by atoms with Gasteiger partial charge in [0, 0.05) is 23.4 Å². The van der Waals surface area contributed by atoms with Crippen molar-refractivity contribution in [1.82, 2.24) is 10.3 Å². The molecule has 0 aliphatic rings. The fourth-order valence-corrected chi connectivity index (χ4v) is 4.08. The summed E-state index contributed by atoms with van der Waals surface area (Å²) in [6.07, 6.45) is 2.91. The van der Waals surface area contributed by atoms with E-state index in [2.05, 4.69) is 27.8 Å². The van der Waals surface area contributed by atoms with E-state index in [9.17, 15) is 13.2 Å². The molecule has 1 amide bonds. The molecule has 1 atom stereocenters. The maximum Gasteiger partial charge on any atom is 0.271 e. The predicted octanol–water partition coefficient (Wildman–Crippen LogP) is 4.04. The molecule has 1 unspecified atom stereocenters. The highest BCUT2D eigenvalue weighted by Gasteiger charge is 2.14. The Morgan fingerprint density at radius 1 is 1.10 bits per heavy atom. The number of hydrogen-bond acceptors (Lipinski definition) is 6. The van der Waals surface area contributed by atoms with Gasteiger partial charge in [-0.15, -0.1) is 11.3 Å². The molecule has 2 N–H and O–H groups in total. The quantitative estimate of drug-likeness (QED) is 0.564. The van der Waals surface area contributed by atoms with Crippen molar-refractivity contribution in [3.8, 4) is 0 Å². The average molecular weight is 430 g/mol. The smallest absolute Gasteiger partial charge is 0.271 e. The number of carbonyl (C=O) groups is 1. The number of amides is 1. The van der Waals surface area contributed by atoms with Gasteiger partial charge in [0.1, 0.15) is 5.69 Å². The molecule has 0 spiro atoms. The first-order chi connectivity index (χ1) is 13.8. The van der Waals surface area contributed by atoms with Crippen molar-refractivity contribution in [2.24, 2.45) is 0 Å². The number of thiazole rings is 1. The van der Waals surface area contributed by atoms with Crippen LogP contribution in [0.4, 0.5) is 10.8 Å². The molecule has 0 radical (unpaired) electrons. The summed E-state index contributed by atoms with van der Waals surface area (Å²) < 4.78 is 23.0. The van der Waals surface area contributed by atoms with E-state index in [1.807, 2.05) is 25.1 Å². The highest BCUT2D eigenvalue weighted by Crippen LogP contribution is 2.22. The van der Waals surface area contributed by atoms with Gasteiger partial charge in [-0.2, -0.15) is 0 Å². The number of sulfone groups is 1. The van der Waals surface area contributed by atoms with Gasteiger partial charge in [-0.3, -0.25) is 4.79 Å². The lowest BCUT2D eigenvalue weighted by atomic mass is 10.1. The largest absolute Gasteiger partial charge is 0.348 e. The molecule has 0 aliphatic heterocycles. The third kappa shape index (κ3) is 6.13. The lowest BCUT2D eigenvalue weighted by Gasteiger charge is -2.12. The van der Waals surface area contributed by atoms with Crippen LogP contribution in [-0.4, -0.2) is 31.6 Å². The van der Waals surface area contributed by atoms with Crippen molar-refractivity contribution in [1.29, 1.82) is 0 Å². The Balaban J connectivity index is 1.54. The molecule has 152 valence electrons. The van der Waals surface area contributed by atoms with E-state index in [1.165, 1.54) is 35.3 Å². The fourth-order valence-electron chi connectivity index (χ4n) is 2.74. The molecule has 29 heavy (non-hydrogen) atoms. The standard InChI is InChI=1S/C21H23N3O3S2/c1-15(8-9-16-6-4-3-5-7-16)22-20(25)19-14-28-21(24-19)23-17-10-12-18(13-11-17)29(2,26)27/h3-7,10-15H,8-9H2,1-2H3,(H,22,25)(H,23,24). The van der Waals surface area contributed by atoms with E-state index in [0.717, 1.165) is 12.8 Å². The highest BCUT2D eigenvalue weighted by atomic mass is 32.2. The minimum absolute atomic E-state index is 0.0318. The van der Waals surface area contributed by atoms with Crippen molar-refractivity contribution in [2.45, 2.75) is 30.7 Å². The van der Waals surface area contributed by atoms with Crippen LogP contribution in [-0.2, 0) is 16.3 Å². The van der Waals surface area contributed by atoms with Crippen LogP contribution in [0.25, 0.3) is 0 Å². The molecule has 0 bridgehead atoms. The predicted molar refractivity (Wildman–Crippen MR) is 117 cm³/mol. The van der Waals surface area contributed by atoms with Crippen LogP contribution in [0.3, 0.4) is 0 Å². The summed E-state index contributed by atoms with van der Waals surface area (Å²) in [5, 5.41) is 8.34. The Hall–Kier alpha value is -2.71. The molecule has 0 saturated carbocycles. The third-order valence-corrected chi connectivity index (χ3v) is 6.24. The molecule has 3 aromatic rings. The molecule has 0 aliphatic carbocycles. The van der Waals surface area contributed by atoms with Gasteiger partial charge in [0.05, 0.1) is 4.90 Å². The summed E-state index contributed by atoms with van der Waals surface area (Å²) in [4.78, 5) is 17.0. The summed E-state index contributed by atoms with van der Waals surface area (Å²) in [5.41, 5.74) is 2.31. The maximum atomic E-state index is 12.4. The Kier molecular flexibility index (Phi) is 6.66. The molecule has 8 heteroatoms. The van der Waals surface area contributed by atoms with Crippen molar-refractivity contribution in [3.63, 3.8) is 0 Å². The zero-order chi connectivity index (χ0) is 20.9. The topological polar surface area (TPSA) is 88.2 Å². The minimum Gasteiger partial charge on any atom is -0.348 e. The molecule has 1 heterocycles. The molecule has 0 fully saturated rings. The van der Waals surface area contributed by atoms with Gasteiger partial charge >= 0.3 is 0 Å². The van der Waals surface area contributed by atoms with Crippen molar-refractivity contribution in [3.05, 3.63) is 71.2 Å². The van der Waals surface area contributed by atoms with E-state index in [-0.39, 0.29) is 16.8 Å². The maximum absolute atomic E-state index is 12.4. The van der Waals surface area contributed by atoms with Crippen LogP contribution >= 0.6 is 11.3 Å². The first-order valence-electron chi connectivity index (χ1n) is 9.19. The number of anilines is 2. The zero-order valence-electron chi connectivity index (χ0n) is 16.3. The normalized spacial score (nSPS) is 12.3. The Morgan fingerprint density at radius 2 is 1.79 bits per heavy atom. The van der Waals surface area contributed by atoms with Gasteiger partial charge in [0.25, 0.3) is 5.91 Å². The van der Waals surface area contributed by atoms with Gasteiger partial charge in [0.15, 0.2) is 15.0 Å². The highest BCUT2D eigenvalue weighted by molar-refractivity contribution is 7.90. The number of aryl methyl sites for hydroxylation is 1. The van der Waals surface area contributed by atoms with Crippen LogP contribution in [0, 0.1) is 0 Å². The molecular formula is C21H23N3O3S2. The minimum atomic E-state index is -3.23. The molecule has 1 aromatic heterocycles. The monoisotopic (exact) mass is 429 g/mol. The fraction of sp³-hybridized carbons (Fsp3) is 0.238. The summed E-state index contributed by atoms with van der Waals surface area (Å²) in [6, 6.07) is 16.6. The van der Waals surface area contributed by atoms with E-state index in [4.69, 9.17) is 0 Å². The molecule has 6 nitrogen and oxygen atoms in total. The van der Waals surface area contributed by atoms with Crippen molar-refractivity contribution < 1.29 is 13.2 Å². The van der Waals surface area contributed by atoms with Crippen molar-refractivity contribution >= 4 is 37.9 Å². The van der Waals surface area contributed by atoms with Gasteiger partial charge < -0.3 is 10.6 Å². The lowest BCUT2D eigenvalue weighted by molar-refractivity contribution is 0.0934. The average Bonchev–Trinajstić information content (AvgIpc) is 3.15. The number of rotatable bonds is 8. The van der Waals surface area contributed by atoms with Crippen LogP contribution in [0.5, 0.6) is 0 Å². The second kappa shape index (κ2) is 9.19. The number of carbonyl (C=O) groups excluding carboxylic acids is 1. The van der Waals surface area contributed by atoms with Gasteiger partial charge in [-0.1, -0.05) is 30.3 Å². The number of aromatic nitrogens is 1. The van der Waals surface area contributed by atoms with Gasteiger partial charge in [0.2, 0.25) is 0 Å². The van der Waals surface area contributed by atoms with E-state index in [1.54, 1.807) is 17.5 Å². The summed E-state index contributed by atoms with van der Waals surface area (Å²) in [6.45, 7) is 1.98. The number of nitrogens with one attached hydrogen (secondary N) is 2. The number of benzene rings is 2. The molecule has 3 rings (SSSR count). The molecule has 0 saturated heterocycles. The molecular weight excluding hydrogens is 406 g/mol. The SMILES string of the molecule is CC(CCc1ccccc1)NC(=O)c1csc(Nc2ccc(S(C)(=O)=O)cc2)n1. The first kappa shape index (κ1) is 21.0. The second-order valence-corrected chi connectivity index (χ2v) is 9.73. The zero-order valence-corrected chi connectivity index (χ0v) is 17.9.